The van der Waals surface area contributed by atoms with Crippen molar-refractivity contribution in [2.45, 2.75) is 78.1 Å². The lowest BCUT2D eigenvalue weighted by atomic mass is 9.83. The Morgan fingerprint density at radius 2 is 1.61 bits per heavy atom. The van der Waals surface area contributed by atoms with Gasteiger partial charge in [-0.2, -0.15) is 0 Å². The zero-order valence-corrected chi connectivity index (χ0v) is 19.7. The van der Waals surface area contributed by atoms with Gasteiger partial charge in [-0.05, 0) is 67.6 Å². The van der Waals surface area contributed by atoms with Crippen molar-refractivity contribution in [3.63, 3.8) is 0 Å². The monoisotopic (exact) mass is 434 g/mol. The molecule has 5 heteroatoms. The summed E-state index contributed by atoms with van der Waals surface area (Å²) in [5, 5.41) is 0. The van der Waals surface area contributed by atoms with Gasteiger partial charge < -0.3 is 9.80 Å². The van der Waals surface area contributed by atoms with Crippen LogP contribution in [0.25, 0.3) is 0 Å². The lowest BCUT2D eigenvalue weighted by Crippen LogP contribution is -2.52. The number of halogens is 2. The van der Waals surface area contributed by atoms with Crippen molar-refractivity contribution in [3.05, 3.63) is 29.8 Å². The molecule has 0 spiro atoms. The van der Waals surface area contributed by atoms with Gasteiger partial charge in [-0.3, -0.25) is 4.79 Å². The van der Waals surface area contributed by atoms with Crippen molar-refractivity contribution in [1.29, 1.82) is 0 Å². The van der Waals surface area contributed by atoms with E-state index in [2.05, 4.69) is 43.0 Å². The summed E-state index contributed by atoms with van der Waals surface area (Å²) in [5.74, 6) is -2.66. The van der Waals surface area contributed by atoms with Crippen LogP contribution in [0, 0.1) is 17.8 Å². The zero-order chi connectivity index (χ0) is 22.6. The zero-order valence-electron chi connectivity index (χ0n) is 19.7. The second-order valence-corrected chi connectivity index (χ2v) is 10.3. The van der Waals surface area contributed by atoms with Crippen LogP contribution in [0.3, 0.4) is 0 Å². The molecule has 1 aromatic rings. The van der Waals surface area contributed by atoms with Crippen molar-refractivity contribution in [1.82, 2.24) is 4.90 Å². The number of benzene rings is 1. The minimum absolute atomic E-state index is 0.0534. The Kier molecular flexibility index (Phi) is 7.98. The number of amides is 1. The summed E-state index contributed by atoms with van der Waals surface area (Å²) >= 11 is 0. The fourth-order valence-corrected chi connectivity index (χ4v) is 5.30. The van der Waals surface area contributed by atoms with E-state index >= 15 is 0 Å². The third-order valence-corrected chi connectivity index (χ3v) is 7.28. The number of likely N-dealkylation sites (tertiary alicyclic amines) is 1. The minimum Gasteiger partial charge on any atom is -0.372 e. The van der Waals surface area contributed by atoms with Crippen LogP contribution in [0.4, 0.5) is 14.5 Å². The maximum Gasteiger partial charge on any atom is 0.268 e. The highest BCUT2D eigenvalue weighted by atomic mass is 19.3. The second-order valence-electron chi connectivity index (χ2n) is 10.3. The first-order valence-corrected chi connectivity index (χ1v) is 12.2. The molecule has 174 valence electrons. The Labute approximate surface area is 187 Å². The van der Waals surface area contributed by atoms with E-state index < -0.39 is 18.4 Å². The van der Waals surface area contributed by atoms with E-state index in [1.165, 1.54) is 16.2 Å². The van der Waals surface area contributed by atoms with Gasteiger partial charge in [0, 0.05) is 37.7 Å². The summed E-state index contributed by atoms with van der Waals surface area (Å²) in [7, 11) is 0. The van der Waals surface area contributed by atoms with E-state index in [-0.39, 0.29) is 11.8 Å². The van der Waals surface area contributed by atoms with E-state index in [1.54, 1.807) is 0 Å². The normalized spacial score (nSPS) is 23.2. The minimum atomic E-state index is -2.77. The molecule has 1 atom stereocenters. The second kappa shape index (κ2) is 10.3. The molecule has 0 radical (unpaired) electrons. The SMILES string of the molecule is CC(C)c1ccc(N2CCCC(CC(=O)N3CCC(C(C)C)C(F)(F)C3)CCC2)cc1. The van der Waals surface area contributed by atoms with Gasteiger partial charge in [0.25, 0.3) is 5.92 Å². The molecule has 2 heterocycles. The molecule has 0 N–H and O–H groups in total. The maximum absolute atomic E-state index is 14.5. The average Bonchev–Trinajstić information content (AvgIpc) is 2.68. The molecule has 1 amide bonds. The third-order valence-electron chi connectivity index (χ3n) is 7.28. The van der Waals surface area contributed by atoms with Gasteiger partial charge in [0.15, 0.2) is 0 Å². The van der Waals surface area contributed by atoms with Crippen LogP contribution >= 0.6 is 0 Å². The Bertz CT molecular complexity index is 707. The largest absolute Gasteiger partial charge is 0.372 e. The summed E-state index contributed by atoms with van der Waals surface area (Å²) < 4.78 is 29.0. The summed E-state index contributed by atoms with van der Waals surface area (Å²) in [5.41, 5.74) is 2.63. The molecule has 0 saturated carbocycles. The number of hydrogen-bond acceptors (Lipinski definition) is 2. The molecule has 1 aromatic carbocycles. The predicted octanol–water partition coefficient (Wildman–Crippen LogP) is 6.34. The Morgan fingerprint density at radius 1 is 1.00 bits per heavy atom. The highest BCUT2D eigenvalue weighted by Gasteiger charge is 2.46. The van der Waals surface area contributed by atoms with Gasteiger partial charge in [0.1, 0.15) is 0 Å². The Morgan fingerprint density at radius 3 is 2.13 bits per heavy atom. The molecule has 2 aliphatic heterocycles. The predicted molar refractivity (Wildman–Crippen MR) is 124 cm³/mol. The Hall–Kier alpha value is -1.65. The van der Waals surface area contributed by atoms with Crippen LogP contribution in [0.5, 0.6) is 0 Å². The molecule has 1 unspecified atom stereocenters. The van der Waals surface area contributed by atoms with Crippen molar-refractivity contribution in [2.75, 3.05) is 31.1 Å². The molecule has 0 bridgehead atoms. The van der Waals surface area contributed by atoms with E-state index in [9.17, 15) is 13.6 Å². The molecular formula is C26H40F2N2O. The van der Waals surface area contributed by atoms with Crippen molar-refractivity contribution < 1.29 is 13.6 Å². The van der Waals surface area contributed by atoms with Crippen LogP contribution in [-0.4, -0.2) is 42.9 Å². The molecule has 2 saturated heterocycles. The quantitative estimate of drug-likeness (QED) is 0.540. The van der Waals surface area contributed by atoms with Crippen LogP contribution in [0.15, 0.2) is 24.3 Å². The number of carbonyl (C=O) groups excluding carboxylic acids is 1. The average molecular weight is 435 g/mol. The fraction of sp³-hybridized carbons (Fsp3) is 0.731. The van der Waals surface area contributed by atoms with Gasteiger partial charge in [-0.15, -0.1) is 0 Å². The van der Waals surface area contributed by atoms with Crippen molar-refractivity contribution in [2.24, 2.45) is 17.8 Å². The van der Waals surface area contributed by atoms with Gasteiger partial charge in [-0.1, -0.05) is 39.8 Å². The standard InChI is InChI=1S/C26H40F2N2O/c1-19(2)22-9-11-23(12-10-22)29-14-5-7-21(8-6-15-29)17-25(31)30-16-13-24(20(3)4)26(27,28)18-30/h9-12,19-21,24H,5-8,13-18H2,1-4H3. The van der Waals surface area contributed by atoms with E-state index in [0.29, 0.717) is 31.2 Å². The first kappa shape index (κ1) is 24.0. The lowest BCUT2D eigenvalue weighted by Gasteiger charge is -2.40. The van der Waals surface area contributed by atoms with Gasteiger partial charge in [0.2, 0.25) is 5.91 Å². The topological polar surface area (TPSA) is 23.6 Å². The van der Waals surface area contributed by atoms with E-state index in [4.69, 9.17) is 0 Å². The number of piperidine rings is 1. The number of carbonyl (C=O) groups is 1. The van der Waals surface area contributed by atoms with Crippen LogP contribution < -0.4 is 4.90 Å². The first-order valence-electron chi connectivity index (χ1n) is 12.2. The highest BCUT2D eigenvalue weighted by molar-refractivity contribution is 5.76. The van der Waals surface area contributed by atoms with Crippen LogP contribution in [-0.2, 0) is 4.79 Å². The van der Waals surface area contributed by atoms with Gasteiger partial charge >= 0.3 is 0 Å². The third kappa shape index (κ3) is 6.20. The first-order chi connectivity index (χ1) is 14.7. The molecular weight excluding hydrogens is 394 g/mol. The number of rotatable bonds is 5. The number of anilines is 1. The molecule has 3 rings (SSSR count). The molecule has 0 aliphatic carbocycles. The van der Waals surface area contributed by atoms with Gasteiger partial charge in [0.05, 0.1) is 6.54 Å². The van der Waals surface area contributed by atoms with Crippen LogP contribution in [0.1, 0.15) is 77.7 Å². The lowest BCUT2D eigenvalue weighted by molar-refractivity contribution is -0.155. The van der Waals surface area contributed by atoms with Crippen LogP contribution in [0.2, 0.25) is 0 Å². The highest BCUT2D eigenvalue weighted by Crippen LogP contribution is 2.38. The summed E-state index contributed by atoms with van der Waals surface area (Å²) in [6.07, 6.45) is 4.89. The maximum atomic E-state index is 14.5. The number of alkyl halides is 2. The van der Waals surface area contributed by atoms with Crippen molar-refractivity contribution in [3.8, 4) is 0 Å². The molecule has 2 fully saturated rings. The van der Waals surface area contributed by atoms with E-state index in [1.807, 2.05) is 13.8 Å². The number of hydrogen-bond donors (Lipinski definition) is 0. The molecule has 2 aliphatic rings. The Balaban J connectivity index is 1.49. The van der Waals surface area contributed by atoms with Crippen molar-refractivity contribution >= 4 is 11.6 Å². The fourth-order valence-electron chi connectivity index (χ4n) is 5.30. The molecule has 31 heavy (non-hydrogen) atoms. The summed E-state index contributed by atoms with van der Waals surface area (Å²) in [6.45, 7) is 10.2. The van der Waals surface area contributed by atoms with Gasteiger partial charge in [-0.25, -0.2) is 8.78 Å². The number of nitrogens with zero attached hydrogens (tertiary/aromatic N) is 2. The summed E-state index contributed by atoms with van der Waals surface area (Å²) in [4.78, 5) is 16.7. The summed E-state index contributed by atoms with van der Waals surface area (Å²) in [6, 6.07) is 8.88. The molecule has 3 nitrogen and oxygen atoms in total. The smallest absolute Gasteiger partial charge is 0.268 e. The molecule has 0 aromatic heterocycles. The van der Waals surface area contributed by atoms with E-state index in [0.717, 1.165) is 38.8 Å².